The van der Waals surface area contributed by atoms with Gasteiger partial charge in [0.25, 0.3) is 0 Å². The summed E-state index contributed by atoms with van der Waals surface area (Å²) in [5.74, 6) is -1.37. The highest BCUT2D eigenvalue weighted by Crippen LogP contribution is 2.12. The molecule has 1 amide bonds. The minimum absolute atomic E-state index is 0.0495. The van der Waals surface area contributed by atoms with Gasteiger partial charge in [-0.1, -0.05) is 6.07 Å². The first-order valence-electron chi connectivity index (χ1n) is 5.65. The second kappa shape index (κ2) is 7.34. The van der Waals surface area contributed by atoms with E-state index in [9.17, 15) is 9.59 Å². The van der Waals surface area contributed by atoms with E-state index in [1.54, 1.807) is 12.1 Å². The van der Waals surface area contributed by atoms with Crippen LogP contribution < -0.4 is 15.8 Å². The Morgan fingerprint density at radius 3 is 2.79 bits per heavy atom. The van der Waals surface area contributed by atoms with Crippen molar-refractivity contribution in [2.75, 3.05) is 19.7 Å². The Bertz CT molecular complexity index is 450. The van der Waals surface area contributed by atoms with Gasteiger partial charge in [0.05, 0.1) is 5.56 Å². The number of nitrogens with two attached hydrogens (primary N) is 1. The van der Waals surface area contributed by atoms with Crippen LogP contribution in [0.15, 0.2) is 24.3 Å². The summed E-state index contributed by atoms with van der Waals surface area (Å²) >= 11 is 0. The van der Waals surface area contributed by atoms with E-state index in [4.69, 9.17) is 20.7 Å². The molecule has 0 aliphatic heterocycles. The highest BCUT2D eigenvalue weighted by molar-refractivity contribution is 5.88. The van der Waals surface area contributed by atoms with Crippen molar-refractivity contribution in [1.82, 2.24) is 5.32 Å². The Morgan fingerprint density at radius 2 is 2.16 bits per heavy atom. The smallest absolute Gasteiger partial charge is 0.335 e. The number of carboxylic acid groups (broad SMARTS) is 1. The van der Waals surface area contributed by atoms with Crippen LogP contribution in [0, 0.1) is 0 Å². The van der Waals surface area contributed by atoms with Gasteiger partial charge in [-0.2, -0.15) is 0 Å². The number of aliphatic hydroxyl groups is 1. The van der Waals surface area contributed by atoms with E-state index < -0.39 is 18.0 Å². The number of aromatic carboxylic acids is 1. The first-order chi connectivity index (χ1) is 9.00. The number of nitrogens with one attached hydrogen (secondary N) is 1. The molecule has 0 fully saturated rings. The van der Waals surface area contributed by atoms with E-state index in [2.05, 4.69) is 5.32 Å². The Balaban J connectivity index is 2.28. The van der Waals surface area contributed by atoms with Crippen molar-refractivity contribution in [2.24, 2.45) is 5.73 Å². The molecule has 0 spiro atoms. The number of hydrogen-bond acceptors (Lipinski definition) is 5. The summed E-state index contributed by atoms with van der Waals surface area (Å²) in [6, 6.07) is 6.12. The molecule has 0 saturated heterocycles. The normalized spacial score (nSPS) is 11.8. The van der Waals surface area contributed by atoms with Crippen LogP contribution in [0.4, 0.5) is 0 Å². The van der Waals surface area contributed by atoms with Crippen molar-refractivity contribution in [3.63, 3.8) is 0 Å². The van der Waals surface area contributed by atoms with Crippen molar-refractivity contribution >= 4 is 11.9 Å². The van der Waals surface area contributed by atoms with E-state index in [1.807, 2.05) is 0 Å². The number of aliphatic hydroxyl groups excluding tert-OH is 1. The van der Waals surface area contributed by atoms with Gasteiger partial charge >= 0.3 is 5.97 Å². The molecule has 104 valence electrons. The average molecular weight is 268 g/mol. The molecule has 5 N–H and O–H groups in total. The number of carboxylic acids is 1. The quantitative estimate of drug-likeness (QED) is 0.458. The van der Waals surface area contributed by atoms with E-state index in [1.165, 1.54) is 12.1 Å². The lowest BCUT2D eigenvalue weighted by atomic mass is 10.2. The maximum absolute atomic E-state index is 10.7. The van der Waals surface area contributed by atoms with Crippen LogP contribution in [-0.4, -0.2) is 47.9 Å². The molecule has 1 unspecified atom stereocenters. The van der Waals surface area contributed by atoms with E-state index in [0.717, 1.165) is 0 Å². The van der Waals surface area contributed by atoms with Crippen LogP contribution in [0.25, 0.3) is 0 Å². The number of primary amides is 1. The van der Waals surface area contributed by atoms with Crippen LogP contribution in [0.5, 0.6) is 5.75 Å². The zero-order chi connectivity index (χ0) is 14.3. The third-order valence-electron chi connectivity index (χ3n) is 2.29. The summed E-state index contributed by atoms with van der Waals surface area (Å²) < 4.78 is 5.32. The molecule has 0 radical (unpaired) electrons. The van der Waals surface area contributed by atoms with Crippen LogP contribution >= 0.6 is 0 Å². The molecule has 0 aromatic heterocycles. The molecule has 0 aliphatic rings. The first kappa shape index (κ1) is 14.9. The van der Waals surface area contributed by atoms with E-state index in [0.29, 0.717) is 12.3 Å². The molecule has 0 aliphatic carbocycles. The summed E-state index contributed by atoms with van der Waals surface area (Å²) in [6.45, 7) is 0.712. The summed E-state index contributed by atoms with van der Waals surface area (Å²) in [7, 11) is 0. The summed E-state index contributed by atoms with van der Waals surface area (Å²) in [6.07, 6.45) is -1.23. The molecule has 0 bridgehead atoms. The lowest BCUT2D eigenvalue weighted by molar-refractivity contribution is -0.125. The predicted molar refractivity (Wildman–Crippen MR) is 67.0 cm³/mol. The van der Waals surface area contributed by atoms with Crippen LogP contribution in [0.2, 0.25) is 0 Å². The largest absolute Gasteiger partial charge is 0.492 e. The topological polar surface area (TPSA) is 122 Å². The predicted octanol–water partition coefficient (Wildman–Crippen LogP) is -0.801. The number of benzene rings is 1. The van der Waals surface area contributed by atoms with Crippen molar-refractivity contribution in [2.45, 2.75) is 6.10 Å². The van der Waals surface area contributed by atoms with Crippen molar-refractivity contribution < 1.29 is 24.5 Å². The molecule has 1 atom stereocenters. The van der Waals surface area contributed by atoms with Crippen LogP contribution in [-0.2, 0) is 4.79 Å². The fraction of sp³-hybridized carbons (Fsp3) is 0.333. The summed E-state index contributed by atoms with van der Waals surface area (Å²) in [5.41, 5.74) is 5.02. The Morgan fingerprint density at radius 1 is 1.42 bits per heavy atom. The lowest BCUT2D eigenvalue weighted by Crippen LogP contribution is -2.38. The molecule has 0 saturated carbocycles. The fourth-order valence-electron chi connectivity index (χ4n) is 1.30. The molecule has 7 nitrogen and oxygen atoms in total. The SMILES string of the molecule is NC(=O)C(O)CNCCOc1cccc(C(=O)O)c1. The van der Waals surface area contributed by atoms with Crippen molar-refractivity contribution in [3.8, 4) is 5.75 Å². The Kier molecular flexibility index (Phi) is 5.77. The molecular formula is C12H16N2O5. The maximum Gasteiger partial charge on any atom is 0.335 e. The van der Waals surface area contributed by atoms with Crippen LogP contribution in [0.3, 0.4) is 0 Å². The van der Waals surface area contributed by atoms with Crippen molar-refractivity contribution in [1.29, 1.82) is 0 Å². The van der Waals surface area contributed by atoms with Gasteiger partial charge in [0.2, 0.25) is 5.91 Å². The maximum atomic E-state index is 10.7. The van der Waals surface area contributed by atoms with Crippen LogP contribution in [0.1, 0.15) is 10.4 Å². The number of hydrogen-bond donors (Lipinski definition) is 4. The van der Waals surface area contributed by atoms with Gasteiger partial charge in [-0.3, -0.25) is 4.79 Å². The minimum atomic E-state index is -1.23. The number of amides is 1. The summed E-state index contributed by atoms with van der Waals surface area (Å²) in [5, 5.41) is 20.7. The highest BCUT2D eigenvalue weighted by Gasteiger charge is 2.09. The van der Waals surface area contributed by atoms with Gasteiger partial charge in [-0.05, 0) is 18.2 Å². The molecule has 1 rings (SSSR count). The van der Waals surface area contributed by atoms with Gasteiger partial charge in [0.15, 0.2) is 0 Å². The Hall–Kier alpha value is -2.12. The molecule has 1 aromatic carbocycles. The molecule has 19 heavy (non-hydrogen) atoms. The Labute approximate surface area is 110 Å². The standard InChI is InChI=1S/C12H16N2O5/c13-11(16)10(15)7-14-4-5-19-9-3-1-2-8(6-9)12(17)18/h1-3,6,10,14-15H,4-5,7H2,(H2,13,16)(H,17,18). The molecule has 1 aromatic rings. The molecule has 7 heteroatoms. The number of ether oxygens (including phenoxy) is 1. The third kappa shape index (κ3) is 5.36. The average Bonchev–Trinajstić information content (AvgIpc) is 2.38. The highest BCUT2D eigenvalue weighted by atomic mass is 16.5. The second-order valence-electron chi connectivity index (χ2n) is 3.80. The third-order valence-corrected chi connectivity index (χ3v) is 2.29. The van der Waals surface area contributed by atoms with Crippen molar-refractivity contribution in [3.05, 3.63) is 29.8 Å². The lowest BCUT2D eigenvalue weighted by Gasteiger charge is -2.09. The zero-order valence-corrected chi connectivity index (χ0v) is 10.2. The summed E-state index contributed by atoms with van der Waals surface area (Å²) in [4.78, 5) is 21.3. The number of carbonyl (C=O) groups excluding carboxylic acids is 1. The molecule has 0 heterocycles. The fourth-order valence-corrected chi connectivity index (χ4v) is 1.30. The minimum Gasteiger partial charge on any atom is -0.492 e. The van der Waals surface area contributed by atoms with Gasteiger partial charge in [-0.25, -0.2) is 4.79 Å². The van der Waals surface area contributed by atoms with E-state index >= 15 is 0 Å². The number of carbonyl (C=O) groups is 2. The van der Waals surface area contributed by atoms with Gasteiger partial charge in [0, 0.05) is 13.1 Å². The number of rotatable bonds is 8. The van der Waals surface area contributed by atoms with Gasteiger partial charge < -0.3 is 26.0 Å². The van der Waals surface area contributed by atoms with Gasteiger partial charge in [-0.15, -0.1) is 0 Å². The second-order valence-corrected chi connectivity index (χ2v) is 3.80. The van der Waals surface area contributed by atoms with E-state index in [-0.39, 0.29) is 18.7 Å². The van der Waals surface area contributed by atoms with Gasteiger partial charge in [0.1, 0.15) is 18.5 Å². The first-order valence-corrected chi connectivity index (χ1v) is 5.65. The zero-order valence-electron chi connectivity index (χ0n) is 10.2. The monoisotopic (exact) mass is 268 g/mol. The molecular weight excluding hydrogens is 252 g/mol.